The molecule has 0 fully saturated rings. The molecule has 0 nitrogen and oxygen atoms in total. The van der Waals surface area contributed by atoms with Crippen LogP contribution in [-0.4, -0.2) is 5.38 Å². The molecule has 0 radical (unpaired) electrons. The summed E-state index contributed by atoms with van der Waals surface area (Å²) in [4.78, 5) is 0. The van der Waals surface area contributed by atoms with E-state index in [0.717, 1.165) is 12.8 Å². The molecule has 66 valence electrons. The van der Waals surface area contributed by atoms with Crippen LogP contribution in [-0.2, 0) is 6.42 Å². The number of benzene rings is 1. The molecule has 1 aromatic rings. The maximum Gasteiger partial charge on any atom is 0.0308 e. The fourth-order valence-corrected chi connectivity index (χ4v) is 1.39. The first-order valence-corrected chi connectivity index (χ1v) is 4.90. The topological polar surface area (TPSA) is 0 Å². The van der Waals surface area contributed by atoms with Gasteiger partial charge in [-0.2, -0.15) is 0 Å². The Morgan fingerprint density at radius 2 is 1.92 bits per heavy atom. The van der Waals surface area contributed by atoms with Crippen molar-refractivity contribution in [2.75, 3.05) is 0 Å². The molecule has 0 aliphatic rings. The van der Waals surface area contributed by atoms with Crippen LogP contribution in [0.3, 0.4) is 0 Å². The van der Waals surface area contributed by atoms with E-state index in [0.29, 0.717) is 5.38 Å². The second-order valence-corrected chi connectivity index (χ2v) is 3.90. The van der Waals surface area contributed by atoms with E-state index in [1.165, 1.54) is 12.0 Å². The van der Waals surface area contributed by atoms with E-state index < -0.39 is 0 Å². The standard InChI is InChI=1S/C11H15Cl/c1-10(12)6-5-9-11-7-3-2-4-8-11/h2-4,7-8,10H,5-6,9H2,1H3/t10-/m1/s1. The molecule has 0 N–H and O–H groups in total. The lowest BCUT2D eigenvalue weighted by atomic mass is 10.1. The molecule has 0 aliphatic heterocycles. The molecule has 0 heterocycles. The summed E-state index contributed by atoms with van der Waals surface area (Å²) in [7, 11) is 0. The third-order valence-corrected chi connectivity index (χ3v) is 2.13. The fraction of sp³-hybridized carbons (Fsp3) is 0.455. The fourth-order valence-electron chi connectivity index (χ4n) is 1.23. The summed E-state index contributed by atoms with van der Waals surface area (Å²) in [5.74, 6) is 0. The number of alkyl halides is 1. The number of aryl methyl sites for hydroxylation is 1. The first-order valence-electron chi connectivity index (χ1n) is 4.47. The Labute approximate surface area is 79.6 Å². The molecular formula is C11H15Cl. The number of hydrogen-bond acceptors (Lipinski definition) is 0. The van der Waals surface area contributed by atoms with Gasteiger partial charge in [0.15, 0.2) is 0 Å². The zero-order valence-electron chi connectivity index (χ0n) is 7.46. The van der Waals surface area contributed by atoms with Crippen molar-refractivity contribution in [3.63, 3.8) is 0 Å². The third-order valence-electron chi connectivity index (χ3n) is 1.91. The molecule has 0 amide bonds. The first kappa shape index (κ1) is 9.60. The Hall–Kier alpha value is -0.490. The van der Waals surface area contributed by atoms with Crippen LogP contribution in [0.15, 0.2) is 30.3 Å². The maximum atomic E-state index is 5.84. The Bertz CT molecular complexity index is 204. The molecule has 1 atom stereocenters. The summed E-state index contributed by atoms with van der Waals surface area (Å²) in [6.07, 6.45) is 3.45. The van der Waals surface area contributed by atoms with Crippen LogP contribution in [0.1, 0.15) is 25.3 Å². The van der Waals surface area contributed by atoms with E-state index in [1.54, 1.807) is 0 Å². The number of halogens is 1. The van der Waals surface area contributed by atoms with Crippen molar-refractivity contribution in [3.8, 4) is 0 Å². The van der Waals surface area contributed by atoms with Crippen molar-refractivity contribution in [1.29, 1.82) is 0 Å². The van der Waals surface area contributed by atoms with Gasteiger partial charge in [-0.15, -0.1) is 11.6 Å². The lowest BCUT2D eigenvalue weighted by Crippen LogP contribution is -1.92. The highest BCUT2D eigenvalue weighted by Gasteiger charge is 1.96. The second-order valence-electron chi connectivity index (χ2n) is 3.16. The summed E-state index contributed by atoms with van der Waals surface area (Å²) in [5, 5.41) is 0.314. The molecule has 0 spiro atoms. The largest absolute Gasteiger partial charge is 0.123 e. The Balaban J connectivity index is 2.25. The van der Waals surface area contributed by atoms with E-state index in [2.05, 4.69) is 24.3 Å². The van der Waals surface area contributed by atoms with Gasteiger partial charge in [-0.25, -0.2) is 0 Å². The summed E-state index contributed by atoms with van der Waals surface area (Å²) in [6.45, 7) is 2.05. The summed E-state index contributed by atoms with van der Waals surface area (Å²) in [6, 6.07) is 10.5. The highest BCUT2D eigenvalue weighted by molar-refractivity contribution is 6.20. The van der Waals surface area contributed by atoms with Crippen molar-refractivity contribution in [2.45, 2.75) is 31.6 Å². The van der Waals surface area contributed by atoms with Crippen LogP contribution >= 0.6 is 11.6 Å². The van der Waals surface area contributed by atoms with Gasteiger partial charge in [0.2, 0.25) is 0 Å². The van der Waals surface area contributed by atoms with Gasteiger partial charge in [-0.1, -0.05) is 30.3 Å². The molecule has 0 saturated heterocycles. The van der Waals surface area contributed by atoms with E-state index in [9.17, 15) is 0 Å². The maximum absolute atomic E-state index is 5.84. The number of hydrogen-bond donors (Lipinski definition) is 0. The lowest BCUT2D eigenvalue weighted by Gasteiger charge is -2.02. The zero-order chi connectivity index (χ0) is 8.81. The molecule has 0 aliphatic carbocycles. The molecule has 0 unspecified atom stereocenters. The molecule has 1 rings (SSSR count). The van der Waals surface area contributed by atoms with Crippen LogP contribution in [0.2, 0.25) is 0 Å². The number of rotatable bonds is 4. The van der Waals surface area contributed by atoms with Crippen molar-refractivity contribution < 1.29 is 0 Å². The molecular weight excluding hydrogens is 168 g/mol. The minimum atomic E-state index is 0.314. The summed E-state index contributed by atoms with van der Waals surface area (Å²) in [5.41, 5.74) is 1.41. The van der Waals surface area contributed by atoms with Crippen molar-refractivity contribution in [1.82, 2.24) is 0 Å². The van der Waals surface area contributed by atoms with Gasteiger partial charge in [-0.3, -0.25) is 0 Å². The van der Waals surface area contributed by atoms with Crippen LogP contribution in [0, 0.1) is 0 Å². The Kier molecular flexibility index (Phi) is 4.16. The van der Waals surface area contributed by atoms with E-state index >= 15 is 0 Å². The summed E-state index contributed by atoms with van der Waals surface area (Å²) < 4.78 is 0. The van der Waals surface area contributed by atoms with Gasteiger partial charge in [0.25, 0.3) is 0 Å². The first-order chi connectivity index (χ1) is 5.79. The predicted molar refractivity (Wildman–Crippen MR) is 54.7 cm³/mol. The Morgan fingerprint density at radius 1 is 1.25 bits per heavy atom. The molecule has 1 heteroatoms. The molecule has 0 aromatic heterocycles. The SMILES string of the molecule is C[C@@H](Cl)CCCc1ccccc1. The van der Waals surface area contributed by atoms with E-state index in [-0.39, 0.29) is 0 Å². The normalized spacial score (nSPS) is 12.8. The van der Waals surface area contributed by atoms with Crippen molar-refractivity contribution in [3.05, 3.63) is 35.9 Å². The molecule has 0 bridgehead atoms. The monoisotopic (exact) mass is 182 g/mol. The predicted octanol–water partition coefficient (Wildman–Crippen LogP) is 3.64. The van der Waals surface area contributed by atoms with Gasteiger partial charge in [0, 0.05) is 5.38 Å². The van der Waals surface area contributed by atoms with Gasteiger partial charge in [0.05, 0.1) is 0 Å². The smallest absolute Gasteiger partial charge is 0.0308 e. The highest BCUT2D eigenvalue weighted by atomic mass is 35.5. The average molecular weight is 183 g/mol. The van der Waals surface area contributed by atoms with E-state index in [4.69, 9.17) is 11.6 Å². The lowest BCUT2D eigenvalue weighted by molar-refractivity contribution is 0.724. The van der Waals surface area contributed by atoms with E-state index in [1.807, 2.05) is 13.0 Å². The van der Waals surface area contributed by atoms with Gasteiger partial charge < -0.3 is 0 Å². The van der Waals surface area contributed by atoms with Gasteiger partial charge >= 0.3 is 0 Å². The van der Waals surface area contributed by atoms with Gasteiger partial charge in [0.1, 0.15) is 0 Å². The zero-order valence-corrected chi connectivity index (χ0v) is 8.22. The minimum Gasteiger partial charge on any atom is -0.123 e. The molecule has 12 heavy (non-hydrogen) atoms. The Morgan fingerprint density at radius 3 is 2.50 bits per heavy atom. The summed E-state index contributed by atoms with van der Waals surface area (Å²) >= 11 is 5.84. The van der Waals surface area contributed by atoms with Crippen LogP contribution < -0.4 is 0 Å². The second kappa shape index (κ2) is 5.21. The average Bonchev–Trinajstić information content (AvgIpc) is 2.05. The van der Waals surface area contributed by atoms with Crippen LogP contribution in [0.4, 0.5) is 0 Å². The van der Waals surface area contributed by atoms with Crippen LogP contribution in [0.25, 0.3) is 0 Å². The minimum absolute atomic E-state index is 0.314. The molecule has 0 saturated carbocycles. The quantitative estimate of drug-likeness (QED) is 0.624. The van der Waals surface area contributed by atoms with Crippen molar-refractivity contribution >= 4 is 11.6 Å². The molecule has 1 aromatic carbocycles. The van der Waals surface area contributed by atoms with Crippen LogP contribution in [0.5, 0.6) is 0 Å². The van der Waals surface area contributed by atoms with Crippen molar-refractivity contribution in [2.24, 2.45) is 0 Å². The third kappa shape index (κ3) is 3.77. The highest BCUT2D eigenvalue weighted by Crippen LogP contribution is 2.08. The van der Waals surface area contributed by atoms with Gasteiger partial charge in [-0.05, 0) is 31.7 Å².